The second-order valence-electron chi connectivity index (χ2n) is 30.4. The first kappa shape index (κ1) is 69.0. The maximum absolute atomic E-state index is 2.70. The van der Waals surface area contributed by atoms with Crippen molar-refractivity contribution in [1.29, 1.82) is 0 Å². The van der Waals surface area contributed by atoms with Gasteiger partial charge in [-0.2, -0.15) is 0 Å². The molecule has 0 N–H and O–H groups in total. The molecule has 0 bridgehead atoms. The number of anilines is 11. The quantitative estimate of drug-likeness (QED) is 0.0942. The van der Waals surface area contributed by atoms with Gasteiger partial charge >= 0.3 is 0 Å². The molecule has 4 heterocycles. The van der Waals surface area contributed by atoms with Gasteiger partial charge in [0.15, 0.2) is 0 Å². The molecule has 17 aromatic carbocycles. The fourth-order valence-corrected chi connectivity index (χ4v) is 21.5. The lowest BCUT2D eigenvalue weighted by molar-refractivity contribution is 0.705. The average Bonchev–Trinajstić information content (AvgIpc) is 0.684. The van der Waals surface area contributed by atoms with Crippen molar-refractivity contribution < 1.29 is 0 Å². The molecule has 2 atom stereocenters. The van der Waals surface area contributed by atoms with Gasteiger partial charge in [-0.05, 0) is 139 Å². The molecule has 116 heavy (non-hydrogen) atoms. The van der Waals surface area contributed by atoms with Gasteiger partial charge in [0.25, 0.3) is 6.71 Å². The van der Waals surface area contributed by atoms with E-state index in [2.05, 4.69) is 456 Å². The number of hydrogen-bond acceptors (Lipinski definition) is 6. The van der Waals surface area contributed by atoms with Gasteiger partial charge in [-0.1, -0.05) is 398 Å². The Balaban J connectivity index is 0.845. The molecule has 4 aliphatic heterocycles. The van der Waals surface area contributed by atoms with E-state index in [1.165, 1.54) is 69.1 Å². The monoisotopic (exact) mass is 1510 g/mol. The van der Waals surface area contributed by atoms with Crippen molar-refractivity contribution >= 4 is 138 Å². The summed E-state index contributed by atoms with van der Waals surface area (Å²) >= 11 is 3.84. The lowest BCUT2D eigenvalue weighted by Gasteiger charge is -2.47. The summed E-state index contributed by atoms with van der Waals surface area (Å²) in [5.41, 5.74) is 35.0. The largest absolute Gasteiger partial charge is 0.333 e. The lowest BCUT2D eigenvalue weighted by atomic mass is 9.31. The first-order valence-corrected chi connectivity index (χ1v) is 41.7. The van der Waals surface area contributed by atoms with E-state index in [1.807, 2.05) is 23.5 Å². The molecule has 544 valence electrons. The van der Waals surface area contributed by atoms with Crippen LogP contribution in [0.2, 0.25) is 0 Å². The smallest absolute Gasteiger partial charge is 0.252 e. The summed E-state index contributed by atoms with van der Waals surface area (Å²) in [6, 6.07) is 157. The third-order valence-electron chi connectivity index (χ3n) is 23.9. The molecule has 0 radical (unpaired) electrons. The van der Waals surface area contributed by atoms with Gasteiger partial charge in [0.05, 0.1) is 23.1 Å². The first-order chi connectivity index (χ1) is 57.6. The summed E-state index contributed by atoms with van der Waals surface area (Å²) in [7, 11) is 0. The topological polar surface area (TPSA) is 13.0 Å². The highest BCUT2D eigenvalue weighted by molar-refractivity contribution is 8.01. The molecular weight excluding hydrogens is 1440 g/mol. The Bertz CT molecular complexity index is 6560. The van der Waals surface area contributed by atoms with Crippen LogP contribution in [0.15, 0.2) is 456 Å². The molecular formula is C108H74B2N4S2. The third kappa shape index (κ3) is 11.8. The Morgan fingerprint density at radius 2 is 0.707 bits per heavy atom. The summed E-state index contributed by atoms with van der Waals surface area (Å²) < 4.78 is 0. The van der Waals surface area contributed by atoms with E-state index in [-0.39, 0.29) is 25.4 Å². The Labute approximate surface area is 687 Å². The Kier molecular flexibility index (Phi) is 17.4. The van der Waals surface area contributed by atoms with Crippen LogP contribution < -0.4 is 52.4 Å². The van der Waals surface area contributed by atoms with Crippen molar-refractivity contribution in [2.75, 3.05) is 19.6 Å². The number of benzene rings is 17. The summed E-state index contributed by atoms with van der Waals surface area (Å²) in [6.07, 6.45) is 7.10. The highest BCUT2D eigenvalue weighted by Crippen LogP contribution is 2.56. The van der Waals surface area contributed by atoms with Crippen molar-refractivity contribution in [1.82, 2.24) is 0 Å². The highest BCUT2D eigenvalue weighted by Gasteiger charge is 2.49. The van der Waals surface area contributed by atoms with Gasteiger partial charge in [0.1, 0.15) is 0 Å². The van der Waals surface area contributed by atoms with E-state index in [0.717, 1.165) is 118 Å². The van der Waals surface area contributed by atoms with Crippen LogP contribution in [0.25, 0.3) is 61.2 Å². The minimum absolute atomic E-state index is 0.0761. The zero-order chi connectivity index (χ0) is 76.6. The van der Waals surface area contributed by atoms with Crippen LogP contribution in [0.3, 0.4) is 0 Å². The Hall–Kier alpha value is -13.8. The van der Waals surface area contributed by atoms with Gasteiger partial charge in [-0.3, -0.25) is 0 Å². The molecule has 4 nitrogen and oxygen atoms in total. The third-order valence-corrected chi connectivity index (χ3v) is 26.2. The predicted octanol–water partition coefficient (Wildman–Crippen LogP) is 25.0. The molecule has 22 rings (SSSR count). The van der Waals surface area contributed by atoms with Gasteiger partial charge in [0, 0.05) is 98.8 Å². The molecule has 2 unspecified atom stereocenters. The molecule has 5 aliphatic rings. The molecule has 0 saturated carbocycles. The number of nitrogens with zero attached hydrogens (tertiary/aromatic N) is 4. The van der Waals surface area contributed by atoms with E-state index in [1.54, 1.807) is 0 Å². The Morgan fingerprint density at radius 1 is 0.267 bits per heavy atom. The standard InChI is InChI=1S/C108H74B2N4S2/c1-10-37-73(38-11-1)84-55-28-31-64-95(84)113-97-72-101-94(110-92-63-30-33-66-100(92)115-102-69-83(70-103(116-101)105(102)110)112(81-53-26-9-27-54-81)107-87(76-43-16-4-17-44-76)58-35-59-88(107)77-45-18-5-19-46-77)71-93(97)109-91-62-29-32-65-96(91)114(108-89(78-47-20-6-21-48-78)60-36-61-90(108)79-49-22-7-23-50-79)99-68-82(67-98(113)104(99)109)111(80-51-24-8-25-52-80)106-85(74-39-12-2-13-40-74)56-34-57-86(106)75-41-14-3-15-42-75/h1-72,85,106H. The first-order valence-electron chi connectivity index (χ1n) is 40.1. The van der Waals surface area contributed by atoms with E-state index in [0.29, 0.717) is 0 Å². The van der Waals surface area contributed by atoms with Crippen LogP contribution in [-0.4, -0.2) is 19.5 Å². The van der Waals surface area contributed by atoms with Crippen molar-refractivity contribution in [2.45, 2.75) is 31.5 Å². The van der Waals surface area contributed by atoms with Gasteiger partial charge in [-0.15, -0.1) is 0 Å². The van der Waals surface area contributed by atoms with E-state index < -0.39 is 0 Å². The van der Waals surface area contributed by atoms with Crippen LogP contribution in [0.4, 0.5) is 62.6 Å². The number of allylic oxidation sites excluding steroid dienone is 2. The second-order valence-corrected chi connectivity index (χ2v) is 32.6. The zero-order valence-corrected chi connectivity index (χ0v) is 65.1. The number of para-hydroxylation sites is 6. The summed E-state index contributed by atoms with van der Waals surface area (Å²) in [6.45, 7) is -0.354. The molecule has 0 saturated heterocycles. The number of hydrogen-bond donors (Lipinski definition) is 0. The fraction of sp³-hybridized carbons (Fsp3) is 0.0185. The van der Waals surface area contributed by atoms with Crippen LogP contribution in [0.5, 0.6) is 0 Å². The van der Waals surface area contributed by atoms with Crippen molar-refractivity contribution in [2.24, 2.45) is 0 Å². The number of rotatable bonds is 15. The molecule has 1 aliphatic carbocycles. The summed E-state index contributed by atoms with van der Waals surface area (Å²) in [4.78, 5) is 15.6. The number of fused-ring (bicyclic) bond motifs is 8. The summed E-state index contributed by atoms with van der Waals surface area (Å²) in [5, 5.41) is 0. The van der Waals surface area contributed by atoms with Crippen LogP contribution in [-0.2, 0) is 0 Å². The molecule has 0 amide bonds. The maximum Gasteiger partial charge on any atom is 0.252 e. The zero-order valence-electron chi connectivity index (χ0n) is 63.5. The summed E-state index contributed by atoms with van der Waals surface area (Å²) in [5.74, 6) is -0.0761. The predicted molar refractivity (Wildman–Crippen MR) is 493 cm³/mol. The van der Waals surface area contributed by atoms with Crippen molar-refractivity contribution in [3.63, 3.8) is 0 Å². The van der Waals surface area contributed by atoms with Gasteiger partial charge in [-0.25, -0.2) is 0 Å². The van der Waals surface area contributed by atoms with E-state index in [9.17, 15) is 0 Å². The van der Waals surface area contributed by atoms with Gasteiger partial charge in [0.2, 0.25) is 6.71 Å². The average molecular weight is 1510 g/mol. The van der Waals surface area contributed by atoms with Gasteiger partial charge < -0.3 is 19.6 Å². The van der Waals surface area contributed by atoms with Crippen LogP contribution in [0, 0.1) is 0 Å². The SMILES string of the molecule is C1=CC(c2ccccc2)C(N(c2ccccc2)c2cc3c4c(c2)N(c2c(-c5ccccc5)cccc2-c2ccccc2)c2ccccc2B4c2cc4c(cc2N3c2ccccc2-c2ccccc2)Sc2cc(N(c3ccccc3)c3c(-c5ccccc5)cccc3-c3ccccc3)cc3c2B4c2ccccc2S3)C(c2ccccc2)=C1. The normalized spacial score (nSPS) is 14.4. The molecule has 8 heteroatoms. The molecule has 0 spiro atoms. The minimum Gasteiger partial charge on any atom is -0.333 e. The minimum atomic E-state index is -0.255. The highest BCUT2D eigenvalue weighted by atomic mass is 32.2. The second kappa shape index (κ2) is 29.3. The Morgan fingerprint density at radius 3 is 1.29 bits per heavy atom. The van der Waals surface area contributed by atoms with Crippen LogP contribution in [0.1, 0.15) is 17.0 Å². The van der Waals surface area contributed by atoms with Crippen LogP contribution >= 0.6 is 23.5 Å². The maximum atomic E-state index is 2.70. The van der Waals surface area contributed by atoms with Crippen molar-refractivity contribution in [3.05, 3.63) is 448 Å². The fourth-order valence-electron chi connectivity index (χ4n) is 19.0. The lowest BCUT2D eigenvalue weighted by Crippen LogP contribution is -2.64. The molecule has 0 aromatic heterocycles. The molecule has 17 aromatic rings. The van der Waals surface area contributed by atoms with E-state index in [4.69, 9.17) is 0 Å². The van der Waals surface area contributed by atoms with E-state index >= 15 is 0 Å². The molecule has 0 fully saturated rings. The van der Waals surface area contributed by atoms with Crippen molar-refractivity contribution in [3.8, 4) is 55.6 Å².